The topological polar surface area (TPSA) is 57.8 Å². The van der Waals surface area contributed by atoms with Gasteiger partial charge in [-0.15, -0.1) is 11.6 Å². The second-order valence-corrected chi connectivity index (χ2v) is 3.61. The molecule has 14 heavy (non-hydrogen) atoms. The van der Waals surface area contributed by atoms with E-state index in [1.165, 1.54) is 6.20 Å². The van der Waals surface area contributed by atoms with Crippen LogP contribution in [0.25, 0.3) is 0 Å². The van der Waals surface area contributed by atoms with Gasteiger partial charge in [-0.3, -0.25) is 4.79 Å². The maximum absolute atomic E-state index is 11.2. The molecule has 0 saturated heterocycles. The Kier molecular flexibility index (Phi) is 4.46. The number of alkyl halides is 1. The maximum atomic E-state index is 11.2. The first kappa shape index (κ1) is 11.0. The van der Waals surface area contributed by atoms with Crippen molar-refractivity contribution in [2.24, 2.45) is 0 Å². The van der Waals surface area contributed by atoms with E-state index in [0.29, 0.717) is 12.4 Å². The lowest BCUT2D eigenvalue weighted by Gasteiger charge is -2.07. The maximum Gasteiger partial charge on any atom is 0.290 e. The van der Waals surface area contributed by atoms with Gasteiger partial charge in [0.05, 0.1) is 0 Å². The van der Waals surface area contributed by atoms with E-state index in [1.54, 1.807) is 6.20 Å². The molecule has 0 bridgehead atoms. The number of nitrogens with one attached hydrogen (secondary N) is 2. The molecule has 1 unspecified atom stereocenters. The van der Waals surface area contributed by atoms with Gasteiger partial charge in [-0.25, -0.2) is 4.98 Å². The molecule has 0 aromatic carbocycles. The molecule has 1 atom stereocenters. The fourth-order valence-corrected chi connectivity index (χ4v) is 1.14. The van der Waals surface area contributed by atoms with E-state index < -0.39 is 0 Å². The minimum atomic E-state index is -0.199. The molecule has 1 aromatic rings. The van der Waals surface area contributed by atoms with Crippen LogP contribution in [0.2, 0.25) is 0 Å². The van der Waals surface area contributed by atoms with Gasteiger partial charge in [0.25, 0.3) is 5.56 Å². The van der Waals surface area contributed by atoms with E-state index in [1.807, 2.05) is 6.92 Å². The smallest absolute Gasteiger partial charge is 0.290 e. The molecule has 1 heterocycles. The molecule has 78 valence electrons. The van der Waals surface area contributed by atoms with Gasteiger partial charge in [0.15, 0.2) is 5.82 Å². The average Bonchev–Trinajstić information content (AvgIpc) is 2.20. The monoisotopic (exact) mass is 215 g/mol. The lowest BCUT2D eigenvalue weighted by molar-refractivity contribution is 0.751. The molecular formula is C9H14ClN3O. The van der Waals surface area contributed by atoms with Crippen LogP contribution in [0, 0.1) is 0 Å². The Hall–Kier alpha value is -1.03. The Labute approximate surface area is 87.7 Å². The summed E-state index contributed by atoms with van der Waals surface area (Å²) in [5.74, 6) is 0.354. The molecule has 1 aromatic heterocycles. The summed E-state index contributed by atoms with van der Waals surface area (Å²) in [6.45, 7) is 2.70. The van der Waals surface area contributed by atoms with Crippen LogP contribution in [0.4, 0.5) is 5.82 Å². The summed E-state index contributed by atoms with van der Waals surface area (Å²) in [6.07, 6.45) is 4.81. The van der Waals surface area contributed by atoms with Crippen LogP contribution in [0.15, 0.2) is 17.2 Å². The highest BCUT2D eigenvalue weighted by Gasteiger charge is 2.02. The molecule has 5 heteroatoms. The van der Waals surface area contributed by atoms with Crippen molar-refractivity contribution in [2.75, 3.05) is 11.9 Å². The zero-order chi connectivity index (χ0) is 10.4. The fourth-order valence-electron chi connectivity index (χ4n) is 1.03. The van der Waals surface area contributed by atoms with Crippen LogP contribution in [0.3, 0.4) is 0 Å². The molecule has 0 spiro atoms. The van der Waals surface area contributed by atoms with E-state index in [0.717, 1.165) is 12.8 Å². The van der Waals surface area contributed by atoms with Gasteiger partial charge in [0, 0.05) is 24.3 Å². The number of aromatic nitrogens is 2. The number of aromatic amines is 1. The van der Waals surface area contributed by atoms with E-state index >= 15 is 0 Å². The standard InChI is InChI=1S/C9H14ClN3O/c1-2-7(10)3-4-11-8-9(14)13-6-5-12-8/h5-7H,2-4H2,1H3,(H,11,12)(H,13,14). The third-order valence-electron chi connectivity index (χ3n) is 1.90. The largest absolute Gasteiger partial charge is 0.365 e. The van der Waals surface area contributed by atoms with Crippen molar-refractivity contribution in [1.29, 1.82) is 0 Å². The summed E-state index contributed by atoms with van der Waals surface area (Å²) >= 11 is 5.92. The Morgan fingerprint density at radius 3 is 3.14 bits per heavy atom. The van der Waals surface area contributed by atoms with Gasteiger partial charge in [-0.2, -0.15) is 0 Å². The van der Waals surface area contributed by atoms with Crippen LogP contribution in [-0.2, 0) is 0 Å². The molecule has 0 radical (unpaired) electrons. The van der Waals surface area contributed by atoms with Gasteiger partial charge in [0.2, 0.25) is 0 Å². The number of nitrogens with zero attached hydrogens (tertiary/aromatic N) is 1. The molecule has 0 amide bonds. The van der Waals surface area contributed by atoms with Crippen molar-refractivity contribution in [1.82, 2.24) is 9.97 Å². The van der Waals surface area contributed by atoms with Crippen LogP contribution in [0.1, 0.15) is 19.8 Å². The summed E-state index contributed by atoms with van der Waals surface area (Å²) in [6, 6.07) is 0. The predicted octanol–water partition coefficient (Wildman–Crippen LogP) is 1.59. The molecule has 0 aliphatic heterocycles. The third kappa shape index (κ3) is 3.38. The SMILES string of the molecule is CCC(Cl)CCNc1ncc[nH]c1=O. The summed E-state index contributed by atoms with van der Waals surface area (Å²) in [4.78, 5) is 17.6. The van der Waals surface area contributed by atoms with E-state index in [4.69, 9.17) is 11.6 Å². The zero-order valence-corrected chi connectivity index (χ0v) is 8.84. The minimum absolute atomic E-state index is 0.158. The number of rotatable bonds is 5. The highest BCUT2D eigenvalue weighted by molar-refractivity contribution is 6.20. The molecular weight excluding hydrogens is 202 g/mol. The van der Waals surface area contributed by atoms with Crippen molar-refractivity contribution in [3.05, 3.63) is 22.7 Å². The van der Waals surface area contributed by atoms with Crippen molar-refractivity contribution in [3.8, 4) is 0 Å². The first-order valence-corrected chi connectivity index (χ1v) is 5.09. The van der Waals surface area contributed by atoms with Crippen molar-refractivity contribution in [3.63, 3.8) is 0 Å². The zero-order valence-electron chi connectivity index (χ0n) is 8.09. The number of hydrogen-bond donors (Lipinski definition) is 2. The Morgan fingerprint density at radius 1 is 1.71 bits per heavy atom. The Bertz CT molecular complexity index is 326. The van der Waals surface area contributed by atoms with Crippen molar-refractivity contribution < 1.29 is 0 Å². The number of anilines is 1. The molecule has 1 rings (SSSR count). The molecule has 0 saturated carbocycles. The quantitative estimate of drug-likeness (QED) is 0.734. The van der Waals surface area contributed by atoms with E-state index in [-0.39, 0.29) is 10.9 Å². The van der Waals surface area contributed by atoms with Crippen LogP contribution < -0.4 is 10.9 Å². The Balaban J connectivity index is 2.39. The second-order valence-electron chi connectivity index (χ2n) is 2.99. The average molecular weight is 216 g/mol. The molecule has 0 aliphatic carbocycles. The molecule has 0 aliphatic rings. The molecule has 2 N–H and O–H groups in total. The van der Waals surface area contributed by atoms with Gasteiger partial charge in [0.1, 0.15) is 0 Å². The summed E-state index contributed by atoms with van der Waals surface area (Å²) in [7, 11) is 0. The summed E-state index contributed by atoms with van der Waals surface area (Å²) in [5.41, 5.74) is -0.199. The van der Waals surface area contributed by atoms with E-state index in [2.05, 4.69) is 15.3 Å². The van der Waals surface area contributed by atoms with Crippen LogP contribution in [0.5, 0.6) is 0 Å². The van der Waals surface area contributed by atoms with Crippen LogP contribution >= 0.6 is 11.6 Å². The predicted molar refractivity (Wildman–Crippen MR) is 57.9 cm³/mol. The lowest BCUT2D eigenvalue weighted by Crippen LogP contribution is -2.17. The van der Waals surface area contributed by atoms with Gasteiger partial charge in [-0.1, -0.05) is 6.92 Å². The summed E-state index contributed by atoms with van der Waals surface area (Å²) in [5, 5.41) is 3.10. The Morgan fingerprint density at radius 2 is 2.50 bits per heavy atom. The molecule has 0 fully saturated rings. The molecule has 4 nitrogen and oxygen atoms in total. The third-order valence-corrected chi connectivity index (χ3v) is 2.43. The highest BCUT2D eigenvalue weighted by Crippen LogP contribution is 2.05. The second kappa shape index (κ2) is 5.65. The highest BCUT2D eigenvalue weighted by atomic mass is 35.5. The number of H-pyrrole nitrogens is 1. The van der Waals surface area contributed by atoms with Gasteiger partial charge in [-0.05, 0) is 12.8 Å². The fraction of sp³-hybridized carbons (Fsp3) is 0.556. The van der Waals surface area contributed by atoms with Crippen molar-refractivity contribution in [2.45, 2.75) is 25.1 Å². The van der Waals surface area contributed by atoms with E-state index in [9.17, 15) is 4.79 Å². The first-order chi connectivity index (χ1) is 6.74. The van der Waals surface area contributed by atoms with Crippen molar-refractivity contribution >= 4 is 17.4 Å². The van der Waals surface area contributed by atoms with Gasteiger partial charge >= 0.3 is 0 Å². The summed E-state index contributed by atoms with van der Waals surface area (Å²) < 4.78 is 0. The van der Waals surface area contributed by atoms with Gasteiger partial charge < -0.3 is 10.3 Å². The number of hydrogen-bond acceptors (Lipinski definition) is 3. The minimum Gasteiger partial charge on any atom is -0.365 e. The number of halogens is 1. The normalized spacial score (nSPS) is 12.4. The lowest BCUT2D eigenvalue weighted by atomic mass is 10.2. The first-order valence-electron chi connectivity index (χ1n) is 4.65. The van der Waals surface area contributed by atoms with Crippen LogP contribution in [-0.4, -0.2) is 21.9 Å².